The first-order valence-corrected chi connectivity index (χ1v) is 7.73. The molecule has 0 aliphatic heterocycles. The van der Waals surface area contributed by atoms with Crippen LogP contribution >= 0.6 is 0 Å². The van der Waals surface area contributed by atoms with Crippen molar-refractivity contribution >= 4 is 11.0 Å². The smallest absolute Gasteiger partial charge is 0.168 e. The number of para-hydroxylation sites is 2. The average molecular weight is 336 g/mol. The van der Waals surface area contributed by atoms with Crippen molar-refractivity contribution < 1.29 is 13.5 Å². The zero-order valence-corrected chi connectivity index (χ0v) is 13.4. The van der Waals surface area contributed by atoms with Crippen molar-refractivity contribution in [2.75, 3.05) is 7.11 Å². The summed E-state index contributed by atoms with van der Waals surface area (Å²) >= 11 is 0. The van der Waals surface area contributed by atoms with Gasteiger partial charge in [-0.3, -0.25) is 4.57 Å². The molecule has 3 nitrogen and oxygen atoms in total. The Hall–Kier alpha value is -3.21. The number of hydrogen-bond donors (Lipinski definition) is 0. The highest BCUT2D eigenvalue weighted by Crippen LogP contribution is 2.34. The molecular formula is C20H14F2N2O. The van der Waals surface area contributed by atoms with Gasteiger partial charge in [0.05, 0.1) is 18.1 Å². The predicted molar refractivity (Wildman–Crippen MR) is 93.0 cm³/mol. The van der Waals surface area contributed by atoms with Crippen molar-refractivity contribution in [3.8, 4) is 22.6 Å². The standard InChI is InChI=1S/C20H14F2N2O/c1-25-20-16(10-14(21)11-17(20)22)13-5-4-6-15(9-13)24-12-23-18-7-2-3-8-19(18)24/h2-12H,1H3. The highest BCUT2D eigenvalue weighted by molar-refractivity contribution is 5.78. The predicted octanol–water partition coefficient (Wildman–Crippen LogP) is 4.98. The Balaban J connectivity index is 1.89. The number of benzene rings is 3. The molecule has 25 heavy (non-hydrogen) atoms. The molecule has 5 heteroatoms. The third kappa shape index (κ3) is 2.63. The van der Waals surface area contributed by atoms with Crippen LogP contribution in [0.15, 0.2) is 67.0 Å². The maximum absolute atomic E-state index is 14.0. The highest BCUT2D eigenvalue weighted by atomic mass is 19.1. The van der Waals surface area contributed by atoms with E-state index in [4.69, 9.17) is 4.74 Å². The van der Waals surface area contributed by atoms with E-state index in [0.717, 1.165) is 22.8 Å². The van der Waals surface area contributed by atoms with Gasteiger partial charge in [0.25, 0.3) is 0 Å². The SMILES string of the molecule is COc1c(F)cc(F)cc1-c1cccc(-n2cnc3ccccc32)c1. The second kappa shape index (κ2) is 6.02. The molecule has 0 spiro atoms. The normalized spacial score (nSPS) is 11.0. The van der Waals surface area contributed by atoms with Crippen LogP contribution in [0, 0.1) is 11.6 Å². The van der Waals surface area contributed by atoms with Crippen molar-refractivity contribution in [1.29, 1.82) is 0 Å². The number of halogens is 2. The molecule has 124 valence electrons. The summed E-state index contributed by atoms with van der Waals surface area (Å²) in [7, 11) is 1.37. The van der Waals surface area contributed by atoms with E-state index in [0.29, 0.717) is 11.1 Å². The molecule has 0 saturated heterocycles. The quantitative estimate of drug-likeness (QED) is 0.528. The summed E-state index contributed by atoms with van der Waals surface area (Å²) in [6, 6.07) is 17.2. The maximum atomic E-state index is 14.0. The van der Waals surface area contributed by atoms with Crippen LogP contribution in [0.2, 0.25) is 0 Å². The van der Waals surface area contributed by atoms with Gasteiger partial charge in [0.1, 0.15) is 12.1 Å². The van der Waals surface area contributed by atoms with Gasteiger partial charge >= 0.3 is 0 Å². The summed E-state index contributed by atoms with van der Waals surface area (Å²) < 4.78 is 34.8. The fourth-order valence-electron chi connectivity index (χ4n) is 2.97. The van der Waals surface area contributed by atoms with Crippen molar-refractivity contribution in [3.05, 3.63) is 78.6 Å². The average Bonchev–Trinajstić information content (AvgIpc) is 3.05. The molecule has 1 aromatic heterocycles. The van der Waals surface area contributed by atoms with E-state index in [9.17, 15) is 8.78 Å². The number of hydrogen-bond acceptors (Lipinski definition) is 2. The van der Waals surface area contributed by atoms with Gasteiger partial charge in [-0.1, -0.05) is 24.3 Å². The van der Waals surface area contributed by atoms with E-state index in [1.165, 1.54) is 13.2 Å². The fourth-order valence-corrected chi connectivity index (χ4v) is 2.97. The van der Waals surface area contributed by atoms with Crippen LogP contribution < -0.4 is 4.74 Å². The number of ether oxygens (including phenoxy) is 1. The van der Waals surface area contributed by atoms with Crippen molar-refractivity contribution in [1.82, 2.24) is 9.55 Å². The number of nitrogens with zero attached hydrogens (tertiary/aromatic N) is 2. The molecular weight excluding hydrogens is 322 g/mol. The molecule has 0 radical (unpaired) electrons. The molecule has 0 aliphatic rings. The lowest BCUT2D eigenvalue weighted by Gasteiger charge is -2.12. The molecule has 0 aliphatic carbocycles. The first-order valence-electron chi connectivity index (χ1n) is 7.73. The van der Waals surface area contributed by atoms with Crippen LogP contribution in [0.1, 0.15) is 0 Å². The third-order valence-corrected chi connectivity index (χ3v) is 4.10. The summed E-state index contributed by atoms with van der Waals surface area (Å²) in [5, 5.41) is 0. The van der Waals surface area contributed by atoms with Crippen LogP contribution in [-0.4, -0.2) is 16.7 Å². The minimum Gasteiger partial charge on any atom is -0.493 e. The lowest BCUT2D eigenvalue weighted by atomic mass is 10.0. The van der Waals surface area contributed by atoms with E-state index in [-0.39, 0.29) is 5.75 Å². The van der Waals surface area contributed by atoms with Gasteiger partial charge in [0.15, 0.2) is 11.6 Å². The zero-order chi connectivity index (χ0) is 17.4. The number of rotatable bonds is 3. The highest BCUT2D eigenvalue weighted by Gasteiger charge is 2.14. The number of aromatic nitrogens is 2. The minimum atomic E-state index is -0.726. The molecule has 0 unspecified atom stereocenters. The molecule has 1 heterocycles. The molecule has 0 atom stereocenters. The number of imidazole rings is 1. The first-order chi connectivity index (χ1) is 12.2. The lowest BCUT2D eigenvalue weighted by molar-refractivity contribution is 0.386. The summed E-state index contributed by atoms with van der Waals surface area (Å²) in [5.74, 6) is -1.35. The van der Waals surface area contributed by atoms with Gasteiger partial charge in [-0.2, -0.15) is 0 Å². The van der Waals surface area contributed by atoms with Gasteiger partial charge in [0.2, 0.25) is 0 Å². The monoisotopic (exact) mass is 336 g/mol. The van der Waals surface area contributed by atoms with Crippen LogP contribution in [0.5, 0.6) is 5.75 Å². The summed E-state index contributed by atoms with van der Waals surface area (Å²) in [5.41, 5.74) is 3.70. The van der Waals surface area contributed by atoms with E-state index >= 15 is 0 Å². The Morgan fingerprint density at radius 2 is 1.80 bits per heavy atom. The Morgan fingerprint density at radius 1 is 0.960 bits per heavy atom. The molecule has 0 fully saturated rings. The molecule has 4 rings (SSSR count). The number of methoxy groups -OCH3 is 1. The molecule has 3 aromatic carbocycles. The van der Waals surface area contributed by atoms with Crippen LogP contribution in [-0.2, 0) is 0 Å². The van der Waals surface area contributed by atoms with Crippen molar-refractivity contribution in [2.45, 2.75) is 0 Å². The van der Waals surface area contributed by atoms with Crippen molar-refractivity contribution in [3.63, 3.8) is 0 Å². The number of fused-ring (bicyclic) bond motifs is 1. The second-order valence-corrected chi connectivity index (χ2v) is 5.62. The summed E-state index contributed by atoms with van der Waals surface area (Å²) in [6.07, 6.45) is 1.73. The Morgan fingerprint density at radius 3 is 2.64 bits per heavy atom. The molecule has 0 amide bonds. The minimum absolute atomic E-state index is 0.0223. The molecule has 4 aromatic rings. The lowest BCUT2D eigenvalue weighted by Crippen LogP contribution is -1.96. The van der Waals surface area contributed by atoms with E-state index in [1.807, 2.05) is 47.0 Å². The Kier molecular flexibility index (Phi) is 3.69. The van der Waals surface area contributed by atoms with Crippen LogP contribution in [0.25, 0.3) is 27.8 Å². The topological polar surface area (TPSA) is 27.1 Å². The Bertz CT molecular complexity index is 1070. The first kappa shape index (κ1) is 15.3. The zero-order valence-electron chi connectivity index (χ0n) is 13.4. The van der Waals surface area contributed by atoms with Gasteiger partial charge in [-0.25, -0.2) is 13.8 Å². The summed E-state index contributed by atoms with van der Waals surface area (Å²) in [6.45, 7) is 0. The third-order valence-electron chi connectivity index (χ3n) is 4.10. The van der Waals surface area contributed by atoms with Gasteiger partial charge in [-0.15, -0.1) is 0 Å². The van der Waals surface area contributed by atoms with E-state index in [2.05, 4.69) is 4.98 Å². The maximum Gasteiger partial charge on any atom is 0.168 e. The van der Waals surface area contributed by atoms with Gasteiger partial charge in [0, 0.05) is 17.3 Å². The summed E-state index contributed by atoms with van der Waals surface area (Å²) in [4.78, 5) is 4.38. The molecule has 0 saturated carbocycles. The second-order valence-electron chi connectivity index (χ2n) is 5.62. The van der Waals surface area contributed by atoms with E-state index < -0.39 is 11.6 Å². The Labute approximate surface area is 143 Å². The van der Waals surface area contributed by atoms with Gasteiger partial charge in [-0.05, 0) is 35.9 Å². The molecule has 0 bridgehead atoms. The van der Waals surface area contributed by atoms with Gasteiger partial charge < -0.3 is 4.74 Å². The van der Waals surface area contributed by atoms with Crippen LogP contribution in [0.3, 0.4) is 0 Å². The fraction of sp³-hybridized carbons (Fsp3) is 0.0500. The van der Waals surface area contributed by atoms with Crippen LogP contribution in [0.4, 0.5) is 8.78 Å². The van der Waals surface area contributed by atoms with Crippen molar-refractivity contribution in [2.24, 2.45) is 0 Å². The molecule has 0 N–H and O–H groups in total. The van der Waals surface area contributed by atoms with E-state index in [1.54, 1.807) is 12.4 Å². The largest absolute Gasteiger partial charge is 0.493 e.